The van der Waals surface area contributed by atoms with Gasteiger partial charge in [-0.15, -0.1) is 0 Å². The fourth-order valence-corrected chi connectivity index (χ4v) is 2.62. The van der Waals surface area contributed by atoms with E-state index in [4.69, 9.17) is 4.42 Å². The van der Waals surface area contributed by atoms with Crippen LogP contribution < -0.4 is 11.1 Å². The lowest BCUT2D eigenvalue weighted by atomic mass is 10.2. The second kappa shape index (κ2) is 7.21. The molecule has 0 saturated carbocycles. The van der Waals surface area contributed by atoms with Gasteiger partial charge in [-0.3, -0.25) is 9.55 Å². The van der Waals surface area contributed by atoms with Gasteiger partial charge in [-0.2, -0.15) is 0 Å². The van der Waals surface area contributed by atoms with Crippen LogP contribution in [-0.2, 0) is 6.54 Å². The predicted molar refractivity (Wildman–Crippen MR) is 94.3 cm³/mol. The Labute approximate surface area is 144 Å². The van der Waals surface area contributed by atoms with Crippen LogP contribution in [0, 0.1) is 0 Å². The number of hydrogen-bond donors (Lipinski definition) is 1. The molecule has 0 fully saturated rings. The first-order valence-electron chi connectivity index (χ1n) is 8.08. The zero-order valence-electron chi connectivity index (χ0n) is 14.2. The quantitative estimate of drug-likeness (QED) is 0.773. The minimum Gasteiger partial charge on any atom is -0.408 e. The number of nitrogens with one attached hydrogen (secondary N) is 1. The number of amides is 2. The van der Waals surface area contributed by atoms with Gasteiger partial charge in [-0.1, -0.05) is 18.2 Å². The van der Waals surface area contributed by atoms with E-state index in [9.17, 15) is 9.59 Å². The molecule has 0 saturated heterocycles. The number of carbonyl (C=O) groups is 1. The molecule has 1 atom stereocenters. The molecule has 2 heterocycles. The Morgan fingerprint density at radius 3 is 2.80 bits per heavy atom. The summed E-state index contributed by atoms with van der Waals surface area (Å²) in [6.45, 7) is 2.57. The van der Waals surface area contributed by atoms with Crippen LogP contribution in [0.2, 0.25) is 0 Å². The lowest BCUT2D eigenvalue weighted by molar-refractivity contribution is 0.193. The van der Waals surface area contributed by atoms with E-state index in [1.807, 2.05) is 43.3 Å². The van der Waals surface area contributed by atoms with Gasteiger partial charge in [0.1, 0.15) is 0 Å². The third kappa shape index (κ3) is 3.55. The summed E-state index contributed by atoms with van der Waals surface area (Å²) in [4.78, 5) is 30.1. The van der Waals surface area contributed by atoms with Crippen molar-refractivity contribution in [3.05, 3.63) is 64.9 Å². The lowest BCUT2D eigenvalue weighted by Crippen LogP contribution is -2.40. The van der Waals surface area contributed by atoms with Crippen molar-refractivity contribution in [3.8, 4) is 0 Å². The number of aromatic nitrogens is 2. The smallest absolute Gasteiger partial charge is 0.408 e. The van der Waals surface area contributed by atoms with Crippen molar-refractivity contribution in [3.63, 3.8) is 0 Å². The standard InChI is InChI=1S/C18H20N4O3/c1-13(14-7-5-6-10-19-14)21(2)17(23)20-11-12-22-15-8-3-4-9-16(15)25-18(22)24/h3-10,13H,11-12H2,1-2H3,(H,20,23)/t13-/m1/s1. The average molecular weight is 340 g/mol. The van der Waals surface area contributed by atoms with Crippen molar-refractivity contribution >= 4 is 17.1 Å². The van der Waals surface area contributed by atoms with Gasteiger partial charge < -0.3 is 14.6 Å². The number of fused-ring (bicyclic) bond motifs is 1. The second-order valence-electron chi connectivity index (χ2n) is 5.76. The first-order valence-corrected chi connectivity index (χ1v) is 8.08. The largest absolute Gasteiger partial charge is 0.420 e. The highest BCUT2D eigenvalue weighted by atomic mass is 16.4. The SMILES string of the molecule is C[C@H](c1ccccn1)N(C)C(=O)NCCn1c(=O)oc2ccccc21. The number of rotatable bonds is 5. The summed E-state index contributed by atoms with van der Waals surface area (Å²) >= 11 is 0. The summed E-state index contributed by atoms with van der Waals surface area (Å²) in [5.41, 5.74) is 2.08. The van der Waals surface area contributed by atoms with Crippen LogP contribution in [0.3, 0.4) is 0 Å². The van der Waals surface area contributed by atoms with E-state index in [0.717, 1.165) is 11.2 Å². The minimum absolute atomic E-state index is 0.154. The van der Waals surface area contributed by atoms with E-state index < -0.39 is 5.76 Å². The van der Waals surface area contributed by atoms with Gasteiger partial charge in [0, 0.05) is 26.3 Å². The Balaban J connectivity index is 1.60. The summed E-state index contributed by atoms with van der Waals surface area (Å²) in [6.07, 6.45) is 1.70. The third-order valence-corrected chi connectivity index (χ3v) is 4.20. The van der Waals surface area contributed by atoms with Crippen LogP contribution in [0.25, 0.3) is 11.1 Å². The molecule has 0 aliphatic rings. The number of benzene rings is 1. The van der Waals surface area contributed by atoms with Crippen molar-refractivity contribution < 1.29 is 9.21 Å². The second-order valence-corrected chi connectivity index (χ2v) is 5.76. The number of hydrogen-bond acceptors (Lipinski definition) is 4. The molecule has 0 radical (unpaired) electrons. The summed E-state index contributed by atoms with van der Waals surface area (Å²) in [5.74, 6) is -0.425. The average Bonchev–Trinajstić information content (AvgIpc) is 2.96. The van der Waals surface area contributed by atoms with E-state index in [1.165, 1.54) is 4.57 Å². The van der Waals surface area contributed by atoms with E-state index in [1.54, 1.807) is 24.2 Å². The number of para-hydroxylation sites is 2. The molecule has 2 aromatic heterocycles. The fourth-order valence-electron chi connectivity index (χ4n) is 2.62. The maximum atomic E-state index is 12.3. The summed E-state index contributed by atoms with van der Waals surface area (Å²) in [6, 6.07) is 12.4. The Hall–Kier alpha value is -3.09. The third-order valence-electron chi connectivity index (χ3n) is 4.20. The zero-order valence-corrected chi connectivity index (χ0v) is 14.2. The molecule has 3 aromatic rings. The first-order chi connectivity index (χ1) is 12.1. The number of urea groups is 1. The van der Waals surface area contributed by atoms with Crippen LogP contribution in [-0.4, -0.2) is 34.1 Å². The highest BCUT2D eigenvalue weighted by molar-refractivity contribution is 5.74. The van der Waals surface area contributed by atoms with Gasteiger partial charge >= 0.3 is 11.8 Å². The summed E-state index contributed by atoms with van der Waals surface area (Å²) < 4.78 is 6.69. The molecule has 0 aliphatic carbocycles. The molecule has 130 valence electrons. The van der Waals surface area contributed by atoms with E-state index in [0.29, 0.717) is 18.7 Å². The highest BCUT2D eigenvalue weighted by Gasteiger charge is 2.18. The molecule has 0 bridgehead atoms. The van der Waals surface area contributed by atoms with Gasteiger partial charge in [0.25, 0.3) is 0 Å². The molecule has 2 amide bonds. The van der Waals surface area contributed by atoms with Crippen molar-refractivity contribution in [1.29, 1.82) is 0 Å². The van der Waals surface area contributed by atoms with Crippen molar-refractivity contribution in [2.24, 2.45) is 0 Å². The van der Waals surface area contributed by atoms with Crippen LogP contribution in [0.15, 0.2) is 57.9 Å². The molecule has 1 N–H and O–H groups in total. The molecule has 0 aliphatic heterocycles. The molecule has 7 heteroatoms. The van der Waals surface area contributed by atoms with Gasteiger partial charge in [-0.05, 0) is 31.2 Å². The van der Waals surface area contributed by atoms with E-state index in [-0.39, 0.29) is 12.1 Å². The molecule has 0 spiro atoms. The number of carbonyl (C=O) groups excluding carboxylic acids is 1. The Morgan fingerprint density at radius 2 is 2.04 bits per heavy atom. The van der Waals surface area contributed by atoms with Crippen LogP contribution >= 0.6 is 0 Å². The van der Waals surface area contributed by atoms with E-state index in [2.05, 4.69) is 10.3 Å². The number of nitrogens with zero attached hydrogens (tertiary/aromatic N) is 3. The Morgan fingerprint density at radius 1 is 1.28 bits per heavy atom. The van der Waals surface area contributed by atoms with Crippen LogP contribution in [0.1, 0.15) is 18.7 Å². The topological polar surface area (TPSA) is 80.4 Å². The highest BCUT2D eigenvalue weighted by Crippen LogP contribution is 2.15. The maximum absolute atomic E-state index is 12.3. The normalized spacial score (nSPS) is 12.1. The molecular formula is C18H20N4O3. The molecule has 7 nitrogen and oxygen atoms in total. The van der Waals surface area contributed by atoms with Gasteiger partial charge in [-0.25, -0.2) is 9.59 Å². The van der Waals surface area contributed by atoms with Gasteiger partial charge in [0.05, 0.1) is 17.3 Å². The summed E-state index contributed by atoms with van der Waals surface area (Å²) in [7, 11) is 1.72. The number of pyridine rings is 1. The van der Waals surface area contributed by atoms with Gasteiger partial charge in [0.2, 0.25) is 0 Å². The molecule has 1 aromatic carbocycles. The maximum Gasteiger partial charge on any atom is 0.420 e. The number of oxazole rings is 1. The van der Waals surface area contributed by atoms with E-state index >= 15 is 0 Å². The Bertz CT molecular complexity index is 917. The molecule has 0 unspecified atom stereocenters. The summed E-state index contributed by atoms with van der Waals surface area (Å²) in [5, 5.41) is 2.82. The molecular weight excluding hydrogens is 320 g/mol. The lowest BCUT2D eigenvalue weighted by Gasteiger charge is -2.24. The first kappa shape index (κ1) is 16.8. The van der Waals surface area contributed by atoms with Crippen molar-refractivity contribution in [2.45, 2.75) is 19.5 Å². The molecule has 3 rings (SSSR count). The van der Waals surface area contributed by atoms with Crippen molar-refractivity contribution in [1.82, 2.24) is 19.8 Å². The van der Waals surface area contributed by atoms with Crippen LogP contribution in [0.4, 0.5) is 4.79 Å². The zero-order chi connectivity index (χ0) is 17.8. The fraction of sp³-hybridized carbons (Fsp3) is 0.278. The predicted octanol–water partition coefficient (Wildman–Crippen LogP) is 2.39. The minimum atomic E-state index is -0.425. The van der Waals surface area contributed by atoms with Crippen molar-refractivity contribution in [2.75, 3.05) is 13.6 Å². The Kier molecular flexibility index (Phi) is 4.83. The monoisotopic (exact) mass is 340 g/mol. The molecule has 25 heavy (non-hydrogen) atoms. The van der Waals surface area contributed by atoms with Gasteiger partial charge in [0.15, 0.2) is 5.58 Å². The van der Waals surface area contributed by atoms with Crippen LogP contribution in [0.5, 0.6) is 0 Å².